The second-order valence-electron chi connectivity index (χ2n) is 5.18. The summed E-state index contributed by atoms with van der Waals surface area (Å²) in [5.41, 5.74) is 7.40. The summed E-state index contributed by atoms with van der Waals surface area (Å²) in [5, 5.41) is 11.7. The molecular formula is C12H17N7O. The highest BCUT2D eigenvalue weighted by molar-refractivity contribution is 5.79. The molecule has 0 unspecified atom stereocenters. The number of carbonyl (C=O) groups is 1. The number of rotatable bonds is 2. The quantitative estimate of drug-likeness (QED) is 0.791. The number of primary amides is 1. The van der Waals surface area contributed by atoms with Crippen LogP contribution < -0.4 is 11.1 Å². The van der Waals surface area contributed by atoms with E-state index in [0.29, 0.717) is 5.95 Å². The lowest BCUT2D eigenvalue weighted by Crippen LogP contribution is -2.47. The zero-order chi connectivity index (χ0) is 14.4. The van der Waals surface area contributed by atoms with Gasteiger partial charge in [0, 0.05) is 24.8 Å². The molecule has 3 heterocycles. The Morgan fingerprint density at radius 2 is 2.25 bits per heavy atom. The minimum absolute atomic E-state index is 0.117. The maximum absolute atomic E-state index is 11.9. The van der Waals surface area contributed by atoms with E-state index >= 15 is 0 Å². The Hall–Kier alpha value is -2.38. The Kier molecular flexibility index (Phi) is 2.73. The topological polar surface area (TPSA) is 104 Å². The number of carbonyl (C=O) groups excluding carboxylic acids is 1. The van der Waals surface area contributed by atoms with Crippen molar-refractivity contribution in [2.24, 2.45) is 18.7 Å². The minimum atomic E-state index is -0.410. The molecule has 1 aliphatic rings. The van der Waals surface area contributed by atoms with E-state index in [0.717, 1.165) is 11.3 Å². The first kappa shape index (κ1) is 12.6. The van der Waals surface area contributed by atoms with E-state index in [1.165, 1.54) is 6.33 Å². The minimum Gasteiger partial charge on any atom is -0.369 e. The number of anilines is 1. The molecule has 1 amide bonds. The summed E-state index contributed by atoms with van der Waals surface area (Å²) in [6.45, 7) is 3.84. The number of aryl methyl sites for hydroxylation is 2. The van der Waals surface area contributed by atoms with Gasteiger partial charge in [0.25, 0.3) is 0 Å². The van der Waals surface area contributed by atoms with Crippen molar-refractivity contribution in [3.8, 4) is 0 Å². The predicted molar refractivity (Wildman–Crippen MR) is 71.9 cm³/mol. The molecule has 0 aromatic carbocycles. The smallest absolute Gasteiger partial charge is 0.225 e. The van der Waals surface area contributed by atoms with Gasteiger partial charge in [0.1, 0.15) is 6.33 Å². The molecule has 8 heteroatoms. The molecule has 0 fully saturated rings. The lowest BCUT2D eigenvalue weighted by molar-refractivity contribution is -0.123. The van der Waals surface area contributed by atoms with Gasteiger partial charge < -0.3 is 11.1 Å². The number of fused-ring (bicyclic) bond motifs is 1. The first-order chi connectivity index (χ1) is 9.49. The Balaban J connectivity index is 2.18. The van der Waals surface area contributed by atoms with E-state index in [2.05, 4.69) is 20.5 Å². The fourth-order valence-electron chi connectivity index (χ4n) is 2.91. The number of nitrogens with two attached hydrogens (primary N) is 1. The van der Waals surface area contributed by atoms with Gasteiger partial charge >= 0.3 is 0 Å². The Morgan fingerprint density at radius 1 is 1.50 bits per heavy atom. The van der Waals surface area contributed by atoms with Crippen LogP contribution in [-0.4, -0.2) is 36.5 Å². The lowest BCUT2D eigenvalue weighted by atomic mass is 9.86. The van der Waals surface area contributed by atoms with Crippen LogP contribution in [0, 0.1) is 12.8 Å². The number of nitrogens with zero attached hydrogens (tertiary/aromatic N) is 5. The fraction of sp³-hybridized carbons (Fsp3) is 0.500. The van der Waals surface area contributed by atoms with E-state index in [1.807, 2.05) is 27.1 Å². The van der Waals surface area contributed by atoms with Crippen molar-refractivity contribution in [2.75, 3.05) is 5.32 Å². The molecule has 0 bridgehead atoms. The van der Waals surface area contributed by atoms with Crippen molar-refractivity contribution in [1.82, 2.24) is 24.5 Å². The summed E-state index contributed by atoms with van der Waals surface area (Å²) in [5.74, 6) is -0.130. The summed E-state index contributed by atoms with van der Waals surface area (Å²) < 4.78 is 3.44. The van der Waals surface area contributed by atoms with E-state index < -0.39 is 5.92 Å². The maximum atomic E-state index is 11.9. The van der Waals surface area contributed by atoms with E-state index in [-0.39, 0.29) is 18.0 Å². The van der Waals surface area contributed by atoms with Gasteiger partial charge in [0.2, 0.25) is 11.9 Å². The van der Waals surface area contributed by atoms with E-state index in [1.54, 1.807) is 9.36 Å². The van der Waals surface area contributed by atoms with Crippen molar-refractivity contribution in [3.63, 3.8) is 0 Å². The molecule has 0 spiro atoms. The molecule has 1 aliphatic heterocycles. The van der Waals surface area contributed by atoms with Gasteiger partial charge in [0.15, 0.2) is 0 Å². The average Bonchev–Trinajstić information content (AvgIpc) is 2.93. The van der Waals surface area contributed by atoms with Crippen LogP contribution in [0.2, 0.25) is 0 Å². The second kappa shape index (κ2) is 4.32. The molecular weight excluding hydrogens is 258 g/mol. The van der Waals surface area contributed by atoms with E-state index in [9.17, 15) is 4.79 Å². The van der Waals surface area contributed by atoms with Gasteiger partial charge in [-0.2, -0.15) is 15.2 Å². The normalized spacial score (nSPS) is 25.1. The third-order valence-electron chi connectivity index (χ3n) is 3.77. The van der Waals surface area contributed by atoms with Gasteiger partial charge in [0.05, 0.1) is 17.7 Å². The van der Waals surface area contributed by atoms with Gasteiger partial charge in [-0.05, 0) is 13.8 Å². The van der Waals surface area contributed by atoms with Crippen molar-refractivity contribution < 1.29 is 4.79 Å². The van der Waals surface area contributed by atoms with Crippen LogP contribution in [0.25, 0.3) is 0 Å². The summed E-state index contributed by atoms with van der Waals surface area (Å²) >= 11 is 0. The van der Waals surface area contributed by atoms with Crippen molar-refractivity contribution in [1.29, 1.82) is 0 Å². The van der Waals surface area contributed by atoms with Gasteiger partial charge in [-0.3, -0.25) is 9.48 Å². The monoisotopic (exact) mass is 275 g/mol. The lowest BCUT2D eigenvalue weighted by Gasteiger charge is -2.35. The molecule has 3 atom stereocenters. The number of aromatic nitrogens is 5. The molecule has 20 heavy (non-hydrogen) atoms. The second-order valence-corrected chi connectivity index (χ2v) is 5.18. The first-order valence-corrected chi connectivity index (χ1v) is 6.44. The number of amides is 1. The van der Waals surface area contributed by atoms with Crippen LogP contribution in [0.3, 0.4) is 0 Å². The number of hydrogen-bond donors (Lipinski definition) is 2. The Bertz CT molecular complexity index is 659. The molecule has 8 nitrogen and oxygen atoms in total. The molecule has 3 rings (SSSR count). The van der Waals surface area contributed by atoms with Crippen LogP contribution in [0.4, 0.5) is 5.95 Å². The third-order valence-corrected chi connectivity index (χ3v) is 3.77. The van der Waals surface area contributed by atoms with Crippen LogP contribution >= 0.6 is 0 Å². The Morgan fingerprint density at radius 3 is 2.85 bits per heavy atom. The highest BCUT2D eigenvalue weighted by atomic mass is 16.1. The molecule has 106 valence electrons. The van der Waals surface area contributed by atoms with Crippen molar-refractivity contribution >= 4 is 11.9 Å². The van der Waals surface area contributed by atoms with Gasteiger partial charge in [-0.15, -0.1) is 0 Å². The van der Waals surface area contributed by atoms with E-state index in [4.69, 9.17) is 5.73 Å². The summed E-state index contributed by atoms with van der Waals surface area (Å²) in [6.07, 6.45) is 3.37. The largest absolute Gasteiger partial charge is 0.369 e. The van der Waals surface area contributed by atoms with Crippen molar-refractivity contribution in [2.45, 2.75) is 25.9 Å². The highest BCUT2D eigenvalue weighted by Gasteiger charge is 2.41. The average molecular weight is 275 g/mol. The predicted octanol–water partition coefficient (Wildman–Crippen LogP) is -0.175. The summed E-state index contributed by atoms with van der Waals surface area (Å²) in [6, 6.07) is -0.399. The molecule has 2 aromatic rings. The summed E-state index contributed by atoms with van der Waals surface area (Å²) in [7, 11) is 1.85. The number of hydrogen-bond acceptors (Lipinski definition) is 5. The van der Waals surface area contributed by atoms with Crippen LogP contribution in [0.15, 0.2) is 12.5 Å². The zero-order valence-corrected chi connectivity index (χ0v) is 11.6. The SMILES string of the molecule is Cc1nn(C)cc1[C@@H]1[C@@H](C(N)=O)[C@H](C)Nc2ncnn21. The number of nitrogens with one attached hydrogen (secondary N) is 1. The Labute approximate surface area is 116 Å². The maximum Gasteiger partial charge on any atom is 0.225 e. The molecule has 0 saturated heterocycles. The third kappa shape index (κ3) is 1.75. The van der Waals surface area contributed by atoms with Crippen LogP contribution in [0.5, 0.6) is 0 Å². The van der Waals surface area contributed by atoms with Crippen molar-refractivity contribution in [3.05, 3.63) is 23.8 Å². The van der Waals surface area contributed by atoms with Crippen LogP contribution in [-0.2, 0) is 11.8 Å². The zero-order valence-electron chi connectivity index (χ0n) is 11.6. The van der Waals surface area contributed by atoms with Gasteiger partial charge in [-0.25, -0.2) is 4.68 Å². The van der Waals surface area contributed by atoms with Gasteiger partial charge in [-0.1, -0.05) is 0 Å². The summed E-state index contributed by atoms with van der Waals surface area (Å²) in [4.78, 5) is 16.1. The molecule has 0 radical (unpaired) electrons. The first-order valence-electron chi connectivity index (χ1n) is 6.44. The standard InChI is InChI=1S/C12H17N7O/c1-6-8(4-18(3)17-6)10-9(11(13)20)7(2)16-12-14-5-15-19(10)12/h4-5,7,9-10H,1-3H3,(H2,13,20)(H,14,15,16)/t7-,9-,10+/m0/s1. The highest BCUT2D eigenvalue weighted by Crippen LogP contribution is 2.36. The fourth-order valence-corrected chi connectivity index (χ4v) is 2.91. The molecule has 3 N–H and O–H groups in total. The van der Waals surface area contributed by atoms with Crippen LogP contribution in [0.1, 0.15) is 24.2 Å². The molecule has 2 aromatic heterocycles. The molecule has 0 aliphatic carbocycles. The molecule has 0 saturated carbocycles.